The Labute approximate surface area is 103 Å². The third-order valence-electron chi connectivity index (χ3n) is 3.42. The SMILES string of the molecule is CC1CN(Cc2ccccc2)[C@@H](CCO)CN1. The number of rotatable bonds is 4. The van der Waals surface area contributed by atoms with Gasteiger partial charge in [0, 0.05) is 38.3 Å². The minimum atomic E-state index is 0.270. The monoisotopic (exact) mass is 234 g/mol. The van der Waals surface area contributed by atoms with Crippen LogP contribution in [0.15, 0.2) is 30.3 Å². The van der Waals surface area contributed by atoms with Crippen molar-refractivity contribution < 1.29 is 5.11 Å². The van der Waals surface area contributed by atoms with Gasteiger partial charge in [-0.3, -0.25) is 4.90 Å². The molecule has 0 aliphatic carbocycles. The molecule has 2 rings (SSSR count). The van der Waals surface area contributed by atoms with Crippen molar-refractivity contribution in [3.8, 4) is 0 Å². The summed E-state index contributed by atoms with van der Waals surface area (Å²) in [6, 6.07) is 11.6. The zero-order valence-electron chi connectivity index (χ0n) is 10.5. The third-order valence-corrected chi connectivity index (χ3v) is 3.42. The number of hydrogen-bond acceptors (Lipinski definition) is 3. The molecule has 1 aliphatic heterocycles. The molecule has 0 bridgehead atoms. The van der Waals surface area contributed by atoms with Gasteiger partial charge in [-0.1, -0.05) is 30.3 Å². The molecule has 0 aromatic heterocycles. The van der Waals surface area contributed by atoms with Crippen LogP contribution in [0.5, 0.6) is 0 Å². The Hall–Kier alpha value is -0.900. The van der Waals surface area contributed by atoms with Crippen LogP contribution in [0.25, 0.3) is 0 Å². The smallest absolute Gasteiger partial charge is 0.0446 e. The first kappa shape index (κ1) is 12.6. The zero-order chi connectivity index (χ0) is 12.1. The molecule has 1 unspecified atom stereocenters. The molecule has 1 aromatic carbocycles. The fourth-order valence-corrected chi connectivity index (χ4v) is 2.48. The second-order valence-electron chi connectivity index (χ2n) is 4.89. The van der Waals surface area contributed by atoms with Gasteiger partial charge in [0.25, 0.3) is 0 Å². The molecule has 2 atom stereocenters. The Morgan fingerprint density at radius 3 is 2.82 bits per heavy atom. The third kappa shape index (κ3) is 3.53. The Morgan fingerprint density at radius 1 is 1.35 bits per heavy atom. The molecular weight excluding hydrogens is 212 g/mol. The van der Waals surface area contributed by atoms with E-state index in [-0.39, 0.29) is 6.61 Å². The molecular formula is C14H22N2O. The van der Waals surface area contributed by atoms with Crippen LogP contribution in [0.3, 0.4) is 0 Å². The summed E-state index contributed by atoms with van der Waals surface area (Å²) < 4.78 is 0. The van der Waals surface area contributed by atoms with Crippen LogP contribution in [-0.4, -0.2) is 41.8 Å². The van der Waals surface area contributed by atoms with Crippen LogP contribution < -0.4 is 5.32 Å². The maximum atomic E-state index is 9.11. The van der Waals surface area contributed by atoms with Gasteiger partial charge in [-0.15, -0.1) is 0 Å². The molecule has 0 spiro atoms. The number of aliphatic hydroxyl groups is 1. The highest BCUT2D eigenvalue weighted by Crippen LogP contribution is 2.14. The quantitative estimate of drug-likeness (QED) is 0.822. The Bertz CT molecular complexity index is 328. The van der Waals surface area contributed by atoms with Gasteiger partial charge in [-0.05, 0) is 18.9 Å². The number of nitrogens with one attached hydrogen (secondary N) is 1. The van der Waals surface area contributed by atoms with Gasteiger partial charge >= 0.3 is 0 Å². The fraction of sp³-hybridized carbons (Fsp3) is 0.571. The van der Waals surface area contributed by atoms with Gasteiger partial charge < -0.3 is 10.4 Å². The Balaban J connectivity index is 1.99. The van der Waals surface area contributed by atoms with Gasteiger partial charge in [-0.25, -0.2) is 0 Å². The summed E-state index contributed by atoms with van der Waals surface area (Å²) >= 11 is 0. The van der Waals surface area contributed by atoms with Crippen molar-refractivity contribution in [1.82, 2.24) is 10.2 Å². The zero-order valence-corrected chi connectivity index (χ0v) is 10.5. The lowest BCUT2D eigenvalue weighted by molar-refractivity contribution is 0.104. The molecule has 3 nitrogen and oxygen atoms in total. The van der Waals surface area contributed by atoms with Gasteiger partial charge in [0.1, 0.15) is 0 Å². The van der Waals surface area contributed by atoms with E-state index in [1.807, 2.05) is 0 Å². The molecule has 1 heterocycles. The molecule has 1 saturated heterocycles. The normalized spacial score (nSPS) is 26.0. The second-order valence-corrected chi connectivity index (χ2v) is 4.89. The molecule has 0 radical (unpaired) electrons. The number of hydrogen-bond donors (Lipinski definition) is 2. The van der Waals surface area contributed by atoms with Gasteiger partial charge in [0.15, 0.2) is 0 Å². The average Bonchev–Trinajstić information content (AvgIpc) is 2.34. The summed E-state index contributed by atoms with van der Waals surface area (Å²) in [5.41, 5.74) is 1.35. The molecule has 94 valence electrons. The number of aliphatic hydroxyl groups excluding tert-OH is 1. The van der Waals surface area contributed by atoms with Gasteiger partial charge in [0.05, 0.1) is 0 Å². The predicted octanol–water partition coefficient (Wildman–Crippen LogP) is 1.23. The highest BCUT2D eigenvalue weighted by molar-refractivity contribution is 5.14. The van der Waals surface area contributed by atoms with E-state index < -0.39 is 0 Å². The van der Waals surface area contributed by atoms with E-state index in [2.05, 4.69) is 47.5 Å². The summed E-state index contributed by atoms with van der Waals surface area (Å²) in [5.74, 6) is 0. The van der Waals surface area contributed by atoms with Crippen molar-refractivity contribution >= 4 is 0 Å². The molecule has 1 fully saturated rings. The number of benzene rings is 1. The van der Waals surface area contributed by atoms with Crippen molar-refractivity contribution in [3.05, 3.63) is 35.9 Å². The van der Waals surface area contributed by atoms with E-state index in [4.69, 9.17) is 5.11 Å². The molecule has 0 saturated carbocycles. The van der Waals surface area contributed by atoms with Crippen LogP contribution in [-0.2, 0) is 6.54 Å². The first-order valence-corrected chi connectivity index (χ1v) is 6.42. The molecule has 1 aromatic rings. The van der Waals surface area contributed by atoms with Crippen molar-refractivity contribution in [2.75, 3.05) is 19.7 Å². The van der Waals surface area contributed by atoms with Crippen molar-refractivity contribution in [1.29, 1.82) is 0 Å². The molecule has 17 heavy (non-hydrogen) atoms. The maximum absolute atomic E-state index is 9.11. The standard InChI is InChI=1S/C14H22N2O/c1-12-10-16(14(7-8-17)9-15-12)11-13-5-3-2-4-6-13/h2-6,12,14-15,17H,7-11H2,1H3/t12?,14-/m0/s1. The van der Waals surface area contributed by atoms with E-state index >= 15 is 0 Å². The van der Waals surface area contributed by atoms with E-state index in [9.17, 15) is 0 Å². The van der Waals surface area contributed by atoms with Crippen LogP contribution in [0, 0.1) is 0 Å². The van der Waals surface area contributed by atoms with Crippen LogP contribution >= 0.6 is 0 Å². The van der Waals surface area contributed by atoms with Crippen LogP contribution in [0.2, 0.25) is 0 Å². The predicted molar refractivity (Wildman–Crippen MR) is 69.8 cm³/mol. The summed E-state index contributed by atoms with van der Waals surface area (Å²) in [6.07, 6.45) is 0.854. The molecule has 1 aliphatic rings. The minimum absolute atomic E-state index is 0.270. The topological polar surface area (TPSA) is 35.5 Å². The summed E-state index contributed by atoms with van der Waals surface area (Å²) in [6.45, 7) is 5.50. The lowest BCUT2D eigenvalue weighted by atomic mass is 10.1. The number of nitrogens with zero attached hydrogens (tertiary/aromatic N) is 1. The lowest BCUT2D eigenvalue weighted by Gasteiger charge is -2.39. The summed E-state index contributed by atoms with van der Waals surface area (Å²) in [7, 11) is 0. The first-order valence-electron chi connectivity index (χ1n) is 6.42. The lowest BCUT2D eigenvalue weighted by Crippen LogP contribution is -2.55. The van der Waals surface area contributed by atoms with Crippen molar-refractivity contribution in [3.63, 3.8) is 0 Å². The minimum Gasteiger partial charge on any atom is -0.396 e. The second kappa shape index (κ2) is 6.15. The average molecular weight is 234 g/mol. The van der Waals surface area contributed by atoms with Crippen LogP contribution in [0.4, 0.5) is 0 Å². The largest absolute Gasteiger partial charge is 0.396 e. The Kier molecular flexibility index (Phi) is 4.54. The number of piperazine rings is 1. The summed E-state index contributed by atoms with van der Waals surface area (Å²) in [5, 5.41) is 12.6. The van der Waals surface area contributed by atoms with E-state index in [1.165, 1.54) is 5.56 Å². The van der Waals surface area contributed by atoms with Crippen molar-refractivity contribution in [2.45, 2.75) is 32.0 Å². The van der Waals surface area contributed by atoms with Crippen LogP contribution in [0.1, 0.15) is 18.9 Å². The maximum Gasteiger partial charge on any atom is 0.0446 e. The van der Waals surface area contributed by atoms with Crippen molar-refractivity contribution in [2.24, 2.45) is 0 Å². The van der Waals surface area contributed by atoms with Gasteiger partial charge in [-0.2, -0.15) is 0 Å². The highest BCUT2D eigenvalue weighted by atomic mass is 16.3. The fourth-order valence-electron chi connectivity index (χ4n) is 2.48. The van der Waals surface area contributed by atoms with E-state index in [1.54, 1.807) is 0 Å². The highest BCUT2D eigenvalue weighted by Gasteiger charge is 2.24. The van der Waals surface area contributed by atoms with E-state index in [0.29, 0.717) is 12.1 Å². The molecule has 3 heteroatoms. The molecule has 2 N–H and O–H groups in total. The summed E-state index contributed by atoms with van der Waals surface area (Å²) in [4.78, 5) is 2.48. The molecule has 0 amide bonds. The first-order chi connectivity index (χ1) is 8.29. The Morgan fingerprint density at radius 2 is 2.12 bits per heavy atom. The van der Waals surface area contributed by atoms with E-state index in [0.717, 1.165) is 26.1 Å². The van der Waals surface area contributed by atoms with Gasteiger partial charge in [0.2, 0.25) is 0 Å².